The first-order valence-electron chi connectivity index (χ1n) is 6.11. The minimum Gasteiger partial charge on any atom is -0.385 e. The molecule has 3 heteroatoms. The van der Waals surface area contributed by atoms with E-state index in [9.17, 15) is 4.79 Å². The summed E-state index contributed by atoms with van der Waals surface area (Å²) in [4.78, 5) is 11.7. The smallest absolute Gasteiger partial charge is 0.223 e. The van der Waals surface area contributed by atoms with Crippen LogP contribution in [0.15, 0.2) is 0 Å². The largest absolute Gasteiger partial charge is 0.385 e. The van der Waals surface area contributed by atoms with Crippen molar-refractivity contribution in [2.45, 2.75) is 44.9 Å². The van der Waals surface area contributed by atoms with Gasteiger partial charge < -0.3 is 10.1 Å². The van der Waals surface area contributed by atoms with Crippen LogP contribution in [0.3, 0.4) is 0 Å². The van der Waals surface area contributed by atoms with E-state index in [0.717, 1.165) is 38.8 Å². The molecule has 0 aromatic heterocycles. The summed E-state index contributed by atoms with van der Waals surface area (Å²) in [7, 11) is 1.71. The van der Waals surface area contributed by atoms with E-state index in [1.165, 1.54) is 19.3 Å². The number of carbonyl (C=O) groups is 1. The van der Waals surface area contributed by atoms with Crippen molar-refractivity contribution in [3.05, 3.63) is 0 Å². The summed E-state index contributed by atoms with van der Waals surface area (Å²) in [6, 6.07) is 0. The van der Waals surface area contributed by atoms with Gasteiger partial charge in [-0.25, -0.2) is 0 Å². The van der Waals surface area contributed by atoms with Crippen LogP contribution in [0.4, 0.5) is 0 Å². The zero-order valence-electron chi connectivity index (χ0n) is 9.76. The Bertz CT molecular complexity index is 176. The van der Waals surface area contributed by atoms with Crippen molar-refractivity contribution in [3.63, 3.8) is 0 Å². The summed E-state index contributed by atoms with van der Waals surface area (Å²) in [6.07, 6.45) is 7.97. The molecule has 1 N–H and O–H groups in total. The normalized spacial score (nSPS) is 17.7. The fourth-order valence-corrected chi connectivity index (χ4v) is 2.09. The number of amides is 1. The van der Waals surface area contributed by atoms with E-state index in [2.05, 4.69) is 5.32 Å². The second-order valence-electron chi connectivity index (χ2n) is 4.33. The minimum atomic E-state index is 0.270. The first kappa shape index (κ1) is 12.5. The Morgan fingerprint density at radius 2 is 2.00 bits per heavy atom. The number of nitrogens with one attached hydrogen (secondary N) is 1. The fourth-order valence-electron chi connectivity index (χ4n) is 2.09. The van der Waals surface area contributed by atoms with E-state index in [1.807, 2.05) is 0 Å². The van der Waals surface area contributed by atoms with Crippen LogP contribution in [0, 0.1) is 5.92 Å². The molecule has 0 bridgehead atoms. The van der Waals surface area contributed by atoms with Gasteiger partial charge in [-0.2, -0.15) is 0 Å². The maximum Gasteiger partial charge on any atom is 0.223 e. The summed E-state index contributed by atoms with van der Waals surface area (Å²) < 4.78 is 4.95. The van der Waals surface area contributed by atoms with Gasteiger partial charge in [-0.05, 0) is 25.7 Å². The zero-order valence-corrected chi connectivity index (χ0v) is 9.76. The lowest BCUT2D eigenvalue weighted by Gasteiger charge is -2.20. The van der Waals surface area contributed by atoms with Crippen LogP contribution >= 0.6 is 0 Å². The molecule has 1 aliphatic rings. The standard InChI is InChI=1S/C12H23NO2/c1-15-10-6-5-9-13-12(14)11-7-3-2-4-8-11/h11H,2-10H2,1H3,(H,13,14). The second-order valence-corrected chi connectivity index (χ2v) is 4.33. The average molecular weight is 213 g/mol. The summed E-state index contributed by atoms with van der Waals surface area (Å²) in [5, 5.41) is 3.02. The molecule has 0 unspecified atom stereocenters. The molecule has 3 nitrogen and oxygen atoms in total. The molecule has 1 rings (SSSR count). The fraction of sp³-hybridized carbons (Fsp3) is 0.917. The van der Waals surface area contributed by atoms with E-state index in [1.54, 1.807) is 7.11 Å². The lowest BCUT2D eigenvalue weighted by molar-refractivity contribution is -0.125. The molecule has 0 aromatic carbocycles. The Hall–Kier alpha value is -0.570. The molecule has 0 heterocycles. The minimum absolute atomic E-state index is 0.270. The highest BCUT2D eigenvalue weighted by atomic mass is 16.5. The quantitative estimate of drug-likeness (QED) is 0.686. The molecule has 1 saturated carbocycles. The van der Waals surface area contributed by atoms with Crippen molar-refractivity contribution in [2.75, 3.05) is 20.3 Å². The predicted octanol–water partition coefficient (Wildman–Crippen LogP) is 2.11. The van der Waals surface area contributed by atoms with Crippen molar-refractivity contribution < 1.29 is 9.53 Å². The Morgan fingerprint density at radius 3 is 2.67 bits per heavy atom. The van der Waals surface area contributed by atoms with Crippen LogP contribution in [0.2, 0.25) is 0 Å². The third-order valence-electron chi connectivity index (χ3n) is 3.05. The van der Waals surface area contributed by atoms with E-state index < -0.39 is 0 Å². The lowest BCUT2D eigenvalue weighted by Crippen LogP contribution is -2.32. The molecule has 1 fully saturated rings. The molecular weight excluding hydrogens is 190 g/mol. The van der Waals surface area contributed by atoms with Crippen LogP contribution < -0.4 is 5.32 Å². The summed E-state index contributed by atoms with van der Waals surface area (Å²) in [5.41, 5.74) is 0. The van der Waals surface area contributed by atoms with E-state index in [0.29, 0.717) is 5.92 Å². The lowest BCUT2D eigenvalue weighted by atomic mass is 9.89. The van der Waals surface area contributed by atoms with Gasteiger partial charge in [-0.3, -0.25) is 4.79 Å². The molecule has 0 radical (unpaired) electrons. The predicted molar refractivity (Wildman–Crippen MR) is 60.7 cm³/mol. The molecular formula is C12H23NO2. The number of methoxy groups -OCH3 is 1. The number of unbranched alkanes of at least 4 members (excludes halogenated alkanes) is 1. The monoisotopic (exact) mass is 213 g/mol. The van der Waals surface area contributed by atoms with E-state index in [-0.39, 0.29) is 5.91 Å². The first-order valence-corrected chi connectivity index (χ1v) is 6.11. The van der Waals surface area contributed by atoms with Gasteiger partial charge in [0.1, 0.15) is 0 Å². The van der Waals surface area contributed by atoms with Gasteiger partial charge in [0.05, 0.1) is 0 Å². The highest BCUT2D eigenvalue weighted by molar-refractivity contribution is 5.78. The molecule has 0 aliphatic heterocycles. The molecule has 1 aliphatic carbocycles. The van der Waals surface area contributed by atoms with Gasteiger partial charge in [-0.1, -0.05) is 19.3 Å². The number of hydrogen-bond donors (Lipinski definition) is 1. The number of carbonyl (C=O) groups excluding carboxylic acids is 1. The molecule has 88 valence electrons. The van der Waals surface area contributed by atoms with Crippen LogP contribution in [-0.2, 0) is 9.53 Å². The zero-order chi connectivity index (χ0) is 10.9. The second kappa shape index (κ2) is 7.69. The van der Waals surface area contributed by atoms with Crippen molar-refractivity contribution in [1.82, 2.24) is 5.32 Å². The maximum absolute atomic E-state index is 11.7. The van der Waals surface area contributed by atoms with Crippen molar-refractivity contribution >= 4 is 5.91 Å². The van der Waals surface area contributed by atoms with Crippen molar-refractivity contribution in [3.8, 4) is 0 Å². The summed E-state index contributed by atoms with van der Waals surface area (Å²) in [5.74, 6) is 0.563. The van der Waals surface area contributed by atoms with Gasteiger partial charge in [0.25, 0.3) is 0 Å². The van der Waals surface area contributed by atoms with E-state index in [4.69, 9.17) is 4.74 Å². The Morgan fingerprint density at radius 1 is 1.27 bits per heavy atom. The van der Waals surface area contributed by atoms with Gasteiger partial charge in [0, 0.05) is 26.2 Å². The van der Waals surface area contributed by atoms with Crippen LogP contribution in [-0.4, -0.2) is 26.2 Å². The van der Waals surface area contributed by atoms with Crippen molar-refractivity contribution in [1.29, 1.82) is 0 Å². The van der Waals surface area contributed by atoms with Gasteiger partial charge in [-0.15, -0.1) is 0 Å². The molecule has 0 aromatic rings. The highest BCUT2D eigenvalue weighted by Crippen LogP contribution is 2.23. The Balaban J connectivity index is 2.02. The van der Waals surface area contributed by atoms with Crippen LogP contribution in [0.1, 0.15) is 44.9 Å². The average Bonchev–Trinajstić information content (AvgIpc) is 2.30. The topological polar surface area (TPSA) is 38.3 Å². The van der Waals surface area contributed by atoms with Crippen LogP contribution in [0.25, 0.3) is 0 Å². The van der Waals surface area contributed by atoms with Gasteiger partial charge in [0.2, 0.25) is 5.91 Å². The van der Waals surface area contributed by atoms with E-state index >= 15 is 0 Å². The highest BCUT2D eigenvalue weighted by Gasteiger charge is 2.20. The first-order chi connectivity index (χ1) is 7.34. The Kier molecular flexibility index (Phi) is 6.41. The maximum atomic E-state index is 11.7. The number of rotatable bonds is 6. The van der Waals surface area contributed by atoms with Crippen LogP contribution in [0.5, 0.6) is 0 Å². The van der Waals surface area contributed by atoms with Gasteiger partial charge in [0.15, 0.2) is 0 Å². The molecule has 0 atom stereocenters. The summed E-state index contributed by atoms with van der Waals surface area (Å²) >= 11 is 0. The Labute approximate surface area is 92.6 Å². The molecule has 15 heavy (non-hydrogen) atoms. The summed E-state index contributed by atoms with van der Waals surface area (Å²) in [6.45, 7) is 1.60. The number of ether oxygens (including phenoxy) is 1. The third kappa shape index (κ3) is 5.17. The van der Waals surface area contributed by atoms with Crippen molar-refractivity contribution in [2.24, 2.45) is 5.92 Å². The molecule has 0 spiro atoms. The number of hydrogen-bond acceptors (Lipinski definition) is 2. The van der Waals surface area contributed by atoms with Gasteiger partial charge >= 0.3 is 0 Å². The molecule has 0 saturated heterocycles. The molecule has 1 amide bonds. The third-order valence-corrected chi connectivity index (χ3v) is 3.05. The SMILES string of the molecule is COCCCCNC(=O)C1CCCCC1.